The van der Waals surface area contributed by atoms with E-state index in [2.05, 4.69) is 6.58 Å². The Labute approximate surface area is 89.3 Å². The molecule has 0 aliphatic heterocycles. The highest BCUT2D eigenvalue weighted by Gasteiger charge is 2.46. The van der Waals surface area contributed by atoms with Gasteiger partial charge in [0.15, 0.2) is 0 Å². The van der Waals surface area contributed by atoms with E-state index in [1.807, 2.05) is 6.92 Å². The summed E-state index contributed by atoms with van der Waals surface area (Å²) in [5.74, 6) is 0.261. The largest absolute Gasteiger partial charge is 0.264 e. The average Bonchev–Trinajstić information content (AvgIpc) is 2.02. The molecule has 3 atom stereocenters. The number of hydrogen-bond donors (Lipinski definition) is 0. The smallest absolute Gasteiger partial charge is 0.232 e. The molecule has 4 heteroatoms. The highest BCUT2D eigenvalue weighted by molar-refractivity contribution is 6.24. The van der Waals surface area contributed by atoms with Crippen LogP contribution in [-0.2, 0) is 0 Å². The molecule has 0 bridgehead atoms. The molecule has 0 amide bonds. The zero-order chi connectivity index (χ0) is 10.9. The number of rotatable bonds is 2. The van der Waals surface area contributed by atoms with Gasteiger partial charge in [0.05, 0.1) is 0 Å². The third-order valence-electron chi connectivity index (χ3n) is 3.14. The Morgan fingerprint density at radius 1 is 1.71 bits per heavy atom. The van der Waals surface area contributed by atoms with E-state index in [0.717, 1.165) is 12.0 Å². The van der Waals surface area contributed by atoms with Gasteiger partial charge in [-0.15, -0.1) is 11.6 Å². The van der Waals surface area contributed by atoms with Crippen molar-refractivity contribution < 1.29 is 4.92 Å². The van der Waals surface area contributed by atoms with Crippen LogP contribution in [0.4, 0.5) is 0 Å². The number of nitro groups is 1. The van der Waals surface area contributed by atoms with E-state index in [1.165, 1.54) is 0 Å². The van der Waals surface area contributed by atoms with Gasteiger partial charge < -0.3 is 0 Å². The van der Waals surface area contributed by atoms with Crippen molar-refractivity contribution >= 4 is 11.6 Å². The second-order valence-electron chi connectivity index (χ2n) is 4.40. The van der Waals surface area contributed by atoms with Gasteiger partial charge in [-0.1, -0.05) is 12.2 Å². The SMILES string of the molecule is C=C(C)C1CCC(C)(Cl)C([N+](=O)[O-])C1. The normalized spacial score (nSPS) is 37.9. The van der Waals surface area contributed by atoms with E-state index in [-0.39, 0.29) is 10.8 Å². The fraction of sp³-hybridized carbons (Fsp3) is 0.800. The average molecular weight is 218 g/mol. The predicted octanol–water partition coefficient (Wildman–Crippen LogP) is 3.01. The first-order chi connectivity index (χ1) is 6.34. The van der Waals surface area contributed by atoms with Crippen molar-refractivity contribution in [2.24, 2.45) is 5.92 Å². The van der Waals surface area contributed by atoms with E-state index in [4.69, 9.17) is 11.6 Å². The maximum absolute atomic E-state index is 10.8. The lowest BCUT2D eigenvalue weighted by molar-refractivity contribution is -0.532. The summed E-state index contributed by atoms with van der Waals surface area (Å²) >= 11 is 6.13. The van der Waals surface area contributed by atoms with E-state index in [9.17, 15) is 10.1 Å². The molecule has 1 fully saturated rings. The Balaban J connectivity index is 2.77. The zero-order valence-electron chi connectivity index (χ0n) is 8.62. The minimum atomic E-state index is -0.685. The van der Waals surface area contributed by atoms with Crippen molar-refractivity contribution in [2.75, 3.05) is 0 Å². The molecule has 0 spiro atoms. The minimum absolute atomic E-state index is 0.248. The number of alkyl halides is 1. The van der Waals surface area contributed by atoms with Crippen molar-refractivity contribution in [3.05, 3.63) is 22.3 Å². The summed E-state index contributed by atoms with van der Waals surface area (Å²) in [6.07, 6.45) is 2.14. The summed E-state index contributed by atoms with van der Waals surface area (Å²) in [4.78, 5) is 9.90. The lowest BCUT2D eigenvalue weighted by atomic mass is 9.76. The molecule has 3 nitrogen and oxygen atoms in total. The highest BCUT2D eigenvalue weighted by atomic mass is 35.5. The number of hydrogen-bond acceptors (Lipinski definition) is 2. The van der Waals surface area contributed by atoms with E-state index in [0.29, 0.717) is 12.8 Å². The van der Waals surface area contributed by atoms with Gasteiger partial charge in [0.1, 0.15) is 4.87 Å². The van der Waals surface area contributed by atoms with Gasteiger partial charge in [-0.05, 0) is 32.6 Å². The molecule has 0 aromatic rings. The summed E-state index contributed by atoms with van der Waals surface area (Å²) in [6, 6.07) is -0.639. The fourth-order valence-corrected chi connectivity index (χ4v) is 2.29. The molecule has 0 N–H and O–H groups in total. The number of allylic oxidation sites excluding steroid dienone is 1. The molecular weight excluding hydrogens is 202 g/mol. The van der Waals surface area contributed by atoms with Crippen LogP contribution in [-0.4, -0.2) is 15.8 Å². The van der Waals surface area contributed by atoms with E-state index >= 15 is 0 Å². The molecule has 1 aliphatic rings. The predicted molar refractivity (Wildman–Crippen MR) is 57.2 cm³/mol. The lowest BCUT2D eigenvalue weighted by Crippen LogP contribution is -2.45. The molecule has 3 unspecified atom stereocenters. The Hall–Kier alpha value is -0.570. The maximum atomic E-state index is 10.8. The second-order valence-corrected chi connectivity index (χ2v) is 5.26. The number of nitrogens with zero attached hydrogens (tertiary/aromatic N) is 1. The molecule has 0 aromatic heterocycles. The van der Waals surface area contributed by atoms with Gasteiger partial charge in [-0.25, -0.2) is 0 Å². The van der Waals surface area contributed by atoms with Gasteiger partial charge >= 0.3 is 0 Å². The van der Waals surface area contributed by atoms with Crippen LogP contribution in [0.5, 0.6) is 0 Å². The fourth-order valence-electron chi connectivity index (χ4n) is 2.01. The van der Waals surface area contributed by atoms with Crippen molar-refractivity contribution in [1.82, 2.24) is 0 Å². The Kier molecular flexibility index (Phi) is 3.20. The molecule has 80 valence electrons. The third-order valence-corrected chi connectivity index (χ3v) is 3.58. The van der Waals surface area contributed by atoms with Gasteiger partial charge in [-0.2, -0.15) is 0 Å². The summed E-state index contributed by atoms with van der Waals surface area (Å²) in [7, 11) is 0. The second kappa shape index (κ2) is 3.89. The molecule has 1 aliphatic carbocycles. The van der Waals surface area contributed by atoms with Crippen molar-refractivity contribution in [1.29, 1.82) is 0 Å². The molecule has 1 saturated carbocycles. The first-order valence-corrected chi connectivity index (χ1v) is 5.20. The standard InChI is InChI=1S/C10H16ClNO2/c1-7(2)8-4-5-10(3,11)9(6-8)12(13)14/h8-9H,1,4-6H2,2-3H3. The molecule has 14 heavy (non-hydrogen) atoms. The highest BCUT2D eigenvalue weighted by Crippen LogP contribution is 2.40. The zero-order valence-corrected chi connectivity index (χ0v) is 9.38. The molecule has 0 heterocycles. The van der Waals surface area contributed by atoms with Crippen LogP contribution in [0.15, 0.2) is 12.2 Å². The summed E-state index contributed by atoms with van der Waals surface area (Å²) in [6.45, 7) is 7.54. The maximum Gasteiger partial charge on any atom is 0.232 e. The van der Waals surface area contributed by atoms with Crippen LogP contribution in [0.3, 0.4) is 0 Å². The quantitative estimate of drug-likeness (QED) is 0.309. The van der Waals surface area contributed by atoms with Gasteiger partial charge in [0, 0.05) is 11.3 Å². The Morgan fingerprint density at radius 3 is 2.71 bits per heavy atom. The van der Waals surface area contributed by atoms with Crippen LogP contribution in [0.25, 0.3) is 0 Å². The molecule has 0 radical (unpaired) electrons. The molecule has 0 aromatic carbocycles. The van der Waals surface area contributed by atoms with Crippen LogP contribution in [0, 0.1) is 16.0 Å². The molecule has 1 rings (SSSR count). The molecule has 0 saturated heterocycles. The minimum Gasteiger partial charge on any atom is -0.264 e. The monoisotopic (exact) mass is 217 g/mol. The third kappa shape index (κ3) is 2.27. The van der Waals surface area contributed by atoms with Gasteiger partial charge in [-0.3, -0.25) is 10.1 Å². The number of halogens is 1. The first-order valence-electron chi connectivity index (χ1n) is 4.82. The van der Waals surface area contributed by atoms with Crippen molar-refractivity contribution in [3.8, 4) is 0 Å². The summed E-state index contributed by atoms with van der Waals surface area (Å²) < 4.78 is 0. The molecular formula is C10H16ClNO2. The van der Waals surface area contributed by atoms with E-state index < -0.39 is 10.9 Å². The van der Waals surface area contributed by atoms with Crippen LogP contribution < -0.4 is 0 Å². The van der Waals surface area contributed by atoms with Crippen LogP contribution in [0.1, 0.15) is 33.1 Å². The van der Waals surface area contributed by atoms with Crippen LogP contribution in [0.2, 0.25) is 0 Å². The van der Waals surface area contributed by atoms with Crippen LogP contribution >= 0.6 is 11.6 Å². The first kappa shape index (κ1) is 11.5. The van der Waals surface area contributed by atoms with Gasteiger partial charge in [0.25, 0.3) is 0 Å². The topological polar surface area (TPSA) is 43.1 Å². The summed E-state index contributed by atoms with van der Waals surface area (Å²) in [5, 5.41) is 10.8. The van der Waals surface area contributed by atoms with Gasteiger partial charge in [0.2, 0.25) is 6.04 Å². The van der Waals surface area contributed by atoms with Crippen molar-refractivity contribution in [3.63, 3.8) is 0 Å². The van der Waals surface area contributed by atoms with Crippen molar-refractivity contribution in [2.45, 2.75) is 44.0 Å². The Morgan fingerprint density at radius 2 is 2.29 bits per heavy atom. The Bertz CT molecular complexity index is 263. The lowest BCUT2D eigenvalue weighted by Gasteiger charge is -2.34. The summed E-state index contributed by atoms with van der Waals surface area (Å²) in [5.41, 5.74) is 1.03. The van der Waals surface area contributed by atoms with E-state index in [1.54, 1.807) is 6.92 Å².